The van der Waals surface area contributed by atoms with Gasteiger partial charge in [0.1, 0.15) is 5.70 Å². The lowest BCUT2D eigenvalue weighted by Crippen LogP contribution is -2.43. The van der Waals surface area contributed by atoms with Crippen LogP contribution in [0.1, 0.15) is 29.5 Å². The molecule has 0 unspecified atom stereocenters. The molecular weight excluding hydrogens is 410 g/mol. The summed E-state index contributed by atoms with van der Waals surface area (Å²) in [6, 6.07) is 13.1. The molecule has 2 aromatic carbocycles. The maximum absolute atomic E-state index is 13.7. The number of hydrogen-bond donors (Lipinski definition) is 0. The van der Waals surface area contributed by atoms with Crippen molar-refractivity contribution in [3.63, 3.8) is 0 Å². The van der Waals surface area contributed by atoms with E-state index in [1.807, 2.05) is 44.0 Å². The lowest BCUT2D eigenvalue weighted by Gasteiger charge is -2.36. The number of benzene rings is 2. The van der Waals surface area contributed by atoms with Crippen LogP contribution >= 0.6 is 11.6 Å². The number of amides is 2. The van der Waals surface area contributed by atoms with Crippen LogP contribution in [-0.4, -0.2) is 54.8 Å². The highest BCUT2D eigenvalue weighted by atomic mass is 35.5. The predicted octanol–water partition coefficient (Wildman–Crippen LogP) is 4.27. The highest BCUT2D eigenvalue weighted by Crippen LogP contribution is 2.37. The van der Waals surface area contributed by atoms with Gasteiger partial charge in [-0.1, -0.05) is 35.9 Å². The second-order valence-corrected chi connectivity index (χ2v) is 9.03. The second-order valence-electron chi connectivity index (χ2n) is 8.59. The van der Waals surface area contributed by atoms with Crippen LogP contribution < -0.4 is 4.90 Å². The number of aryl methyl sites for hydroxylation is 2. The summed E-state index contributed by atoms with van der Waals surface area (Å²) in [5.74, 6) is -0.591. The van der Waals surface area contributed by atoms with Gasteiger partial charge in [0.25, 0.3) is 11.8 Å². The molecule has 0 radical (unpaired) electrons. The Balaban J connectivity index is 1.81. The van der Waals surface area contributed by atoms with Gasteiger partial charge in [0.15, 0.2) is 0 Å². The largest absolute Gasteiger partial charge is 0.366 e. The molecule has 0 atom stereocenters. The van der Waals surface area contributed by atoms with Gasteiger partial charge in [-0.3, -0.25) is 9.59 Å². The maximum atomic E-state index is 13.7. The summed E-state index contributed by atoms with van der Waals surface area (Å²) < 4.78 is 0. The Morgan fingerprint density at radius 3 is 2.32 bits per heavy atom. The summed E-state index contributed by atoms with van der Waals surface area (Å²) in [4.78, 5) is 32.9. The Morgan fingerprint density at radius 2 is 1.68 bits per heavy atom. The Kier molecular flexibility index (Phi) is 5.91. The topological polar surface area (TPSA) is 43.9 Å². The number of halogens is 1. The van der Waals surface area contributed by atoms with Gasteiger partial charge < -0.3 is 9.80 Å². The molecule has 162 valence electrons. The second kappa shape index (κ2) is 8.48. The van der Waals surface area contributed by atoms with Gasteiger partial charge in [-0.15, -0.1) is 0 Å². The standard InChI is InChI=1S/C25H28ClN3O2/c1-16-8-9-18(14-17(16)2)22-23(28(4)20-10-12-27(3)13-11-20)25(31)29(24(22)30)21-7-5-6-19(26)15-21/h5-9,14-15,20H,10-13H2,1-4H3. The molecule has 0 aliphatic carbocycles. The number of hydrogen-bond acceptors (Lipinski definition) is 4. The van der Waals surface area contributed by atoms with Gasteiger partial charge >= 0.3 is 0 Å². The molecule has 2 aliphatic heterocycles. The third kappa shape index (κ3) is 4.00. The van der Waals surface area contributed by atoms with Crippen LogP contribution in [0.4, 0.5) is 5.69 Å². The molecular formula is C25H28ClN3O2. The van der Waals surface area contributed by atoms with E-state index in [2.05, 4.69) is 11.9 Å². The van der Waals surface area contributed by atoms with Crippen molar-refractivity contribution < 1.29 is 9.59 Å². The summed E-state index contributed by atoms with van der Waals surface area (Å²) in [5, 5.41) is 0.489. The van der Waals surface area contributed by atoms with Crippen molar-refractivity contribution in [3.05, 3.63) is 69.9 Å². The Morgan fingerprint density at radius 1 is 0.968 bits per heavy atom. The van der Waals surface area contributed by atoms with E-state index < -0.39 is 0 Å². The zero-order valence-electron chi connectivity index (χ0n) is 18.5. The quantitative estimate of drug-likeness (QED) is 0.670. The first kappa shape index (κ1) is 21.6. The third-order valence-corrected chi connectivity index (χ3v) is 6.75. The van der Waals surface area contributed by atoms with Crippen molar-refractivity contribution in [1.29, 1.82) is 0 Å². The minimum atomic E-state index is -0.301. The van der Waals surface area contributed by atoms with E-state index in [-0.39, 0.29) is 17.9 Å². The first-order valence-electron chi connectivity index (χ1n) is 10.7. The molecule has 1 saturated heterocycles. The number of rotatable bonds is 4. The fourth-order valence-corrected chi connectivity index (χ4v) is 4.60. The normalized spacial score (nSPS) is 18.3. The average Bonchev–Trinajstić information content (AvgIpc) is 3.00. The third-order valence-electron chi connectivity index (χ3n) is 6.51. The minimum Gasteiger partial charge on any atom is -0.366 e. The molecule has 0 bridgehead atoms. The number of likely N-dealkylation sites (N-methyl/N-ethyl adjacent to an activating group) is 1. The maximum Gasteiger partial charge on any atom is 0.282 e. The average molecular weight is 438 g/mol. The molecule has 0 saturated carbocycles. The first-order valence-corrected chi connectivity index (χ1v) is 11.0. The Labute approximate surface area is 188 Å². The van der Waals surface area contributed by atoms with E-state index in [9.17, 15) is 9.59 Å². The highest BCUT2D eigenvalue weighted by Gasteiger charge is 2.43. The monoisotopic (exact) mass is 437 g/mol. The van der Waals surface area contributed by atoms with Gasteiger partial charge in [0.2, 0.25) is 0 Å². The fourth-order valence-electron chi connectivity index (χ4n) is 4.42. The molecule has 4 rings (SSSR count). The fraction of sp³-hybridized carbons (Fsp3) is 0.360. The van der Waals surface area contributed by atoms with E-state index in [0.29, 0.717) is 22.0 Å². The van der Waals surface area contributed by atoms with Crippen LogP contribution in [0.2, 0.25) is 5.02 Å². The van der Waals surface area contributed by atoms with E-state index >= 15 is 0 Å². The number of nitrogens with zero attached hydrogens (tertiary/aromatic N) is 3. The molecule has 0 spiro atoms. The van der Waals surface area contributed by atoms with Crippen molar-refractivity contribution in [2.75, 3.05) is 32.1 Å². The number of imide groups is 1. The van der Waals surface area contributed by atoms with Gasteiger partial charge in [0.05, 0.1) is 11.3 Å². The lowest BCUT2D eigenvalue weighted by molar-refractivity contribution is -0.120. The number of likely N-dealkylation sites (tertiary alicyclic amines) is 1. The number of anilines is 1. The van der Waals surface area contributed by atoms with E-state index in [0.717, 1.165) is 42.6 Å². The molecule has 5 nitrogen and oxygen atoms in total. The van der Waals surface area contributed by atoms with Gasteiger partial charge in [0, 0.05) is 18.1 Å². The molecule has 2 heterocycles. The van der Waals surface area contributed by atoms with E-state index in [4.69, 9.17) is 11.6 Å². The van der Waals surface area contributed by atoms with Crippen LogP contribution in [0.3, 0.4) is 0 Å². The zero-order valence-corrected chi connectivity index (χ0v) is 19.2. The van der Waals surface area contributed by atoms with Crippen LogP contribution in [0.15, 0.2) is 48.2 Å². The molecule has 6 heteroatoms. The SMILES string of the molecule is Cc1ccc(C2=C(N(C)C3CCN(C)CC3)C(=O)N(c3cccc(Cl)c3)C2=O)cc1C. The van der Waals surface area contributed by atoms with E-state index in [1.165, 1.54) is 4.90 Å². The van der Waals surface area contributed by atoms with Gasteiger partial charge in [-0.2, -0.15) is 0 Å². The van der Waals surface area contributed by atoms with Crippen molar-refractivity contribution in [2.24, 2.45) is 0 Å². The Hall–Kier alpha value is -2.63. The predicted molar refractivity (Wildman–Crippen MR) is 125 cm³/mol. The molecule has 1 fully saturated rings. The highest BCUT2D eigenvalue weighted by molar-refractivity contribution is 6.45. The zero-order chi connectivity index (χ0) is 22.3. The summed E-state index contributed by atoms with van der Waals surface area (Å²) in [7, 11) is 4.06. The number of carbonyl (C=O) groups excluding carboxylic acids is 2. The minimum absolute atomic E-state index is 0.212. The summed E-state index contributed by atoms with van der Waals surface area (Å²) >= 11 is 6.17. The number of carbonyl (C=O) groups is 2. The van der Waals surface area contributed by atoms with E-state index in [1.54, 1.807) is 24.3 Å². The molecule has 0 N–H and O–H groups in total. The number of piperidine rings is 1. The van der Waals surface area contributed by atoms with Crippen molar-refractivity contribution in [1.82, 2.24) is 9.80 Å². The molecule has 0 aromatic heterocycles. The summed E-state index contributed by atoms with van der Waals surface area (Å²) in [6.45, 7) is 6.01. The van der Waals surface area contributed by atoms with Crippen molar-refractivity contribution in [2.45, 2.75) is 32.7 Å². The van der Waals surface area contributed by atoms with Crippen LogP contribution in [0.5, 0.6) is 0 Å². The Bertz CT molecular complexity index is 1070. The van der Waals surface area contributed by atoms with Crippen LogP contribution in [0.25, 0.3) is 5.57 Å². The molecule has 2 aromatic rings. The van der Waals surface area contributed by atoms with Crippen molar-refractivity contribution in [3.8, 4) is 0 Å². The smallest absolute Gasteiger partial charge is 0.282 e. The molecule has 2 aliphatic rings. The van der Waals surface area contributed by atoms with Crippen LogP contribution in [0, 0.1) is 13.8 Å². The van der Waals surface area contributed by atoms with Crippen molar-refractivity contribution >= 4 is 34.7 Å². The summed E-state index contributed by atoms with van der Waals surface area (Å²) in [5.41, 5.74) is 4.46. The van der Waals surface area contributed by atoms with Gasteiger partial charge in [-0.05, 0) is 81.7 Å². The molecule has 2 amide bonds. The van der Waals surface area contributed by atoms with Gasteiger partial charge in [-0.25, -0.2) is 4.90 Å². The van der Waals surface area contributed by atoms with Crippen LogP contribution in [-0.2, 0) is 9.59 Å². The first-order chi connectivity index (χ1) is 14.8. The molecule has 31 heavy (non-hydrogen) atoms. The summed E-state index contributed by atoms with van der Waals surface area (Å²) in [6.07, 6.45) is 1.91. The lowest BCUT2D eigenvalue weighted by atomic mass is 9.97.